The van der Waals surface area contributed by atoms with Crippen molar-refractivity contribution in [2.75, 3.05) is 18.4 Å². The Bertz CT molecular complexity index is 1310. The molecule has 2 aromatic heterocycles. The van der Waals surface area contributed by atoms with Gasteiger partial charge in [-0.05, 0) is 67.7 Å². The normalized spacial score (nSPS) is 16.2. The predicted octanol–water partition coefficient (Wildman–Crippen LogP) is 6.30. The number of anilines is 1. The maximum Gasteiger partial charge on any atom is 0.224 e. The highest BCUT2D eigenvalue weighted by Gasteiger charge is 2.21. The van der Waals surface area contributed by atoms with Crippen molar-refractivity contribution in [1.29, 1.82) is 0 Å². The Labute approximate surface area is 206 Å². The molecule has 1 saturated heterocycles. The first-order chi connectivity index (χ1) is 16.5. The van der Waals surface area contributed by atoms with Crippen LogP contribution in [0.1, 0.15) is 18.4 Å². The molecule has 5 nitrogen and oxygen atoms in total. The zero-order chi connectivity index (χ0) is 23.7. The van der Waals surface area contributed by atoms with Crippen molar-refractivity contribution in [3.05, 3.63) is 75.9 Å². The van der Waals surface area contributed by atoms with Gasteiger partial charge in [0.15, 0.2) is 11.6 Å². The molecule has 1 aliphatic heterocycles. The van der Waals surface area contributed by atoms with Gasteiger partial charge in [-0.2, -0.15) is 4.98 Å². The summed E-state index contributed by atoms with van der Waals surface area (Å²) in [4.78, 5) is 9.19. The molecule has 176 valence electrons. The minimum Gasteiger partial charge on any atom is -0.350 e. The maximum absolute atomic E-state index is 13.6. The van der Waals surface area contributed by atoms with Crippen LogP contribution in [0.4, 0.5) is 14.7 Å². The van der Waals surface area contributed by atoms with Gasteiger partial charge in [0.1, 0.15) is 5.65 Å². The van der Waals surface area contributed by atoms with Crippen molar-refractivity contribution >= 4 is 40.2 Å². The van der Waals surface area contributed by atoms with Crippen molar-refractivity contribution in [2.24, 2.45) is 5.92 Å². The van der Waals surface area contributed by atoms with E-state index in [0.29, 0.717) is 27.5 Å². The molecule has 0 bridgehead atoms. The van der Waals surface area contributed by atoms with Gasteiger partial charge >= 0.3 is 0 Å². The third-order valence-electron chi connectivity index (χ3n) is 6.13. The van der Waals surface area contributed by atoms with E-state index in [9.17, 15) is 8.78 Å². The number of piperidine rings is 1. The van der Waals surface area contributed by atoms with Crippen LogP contribution in [0.3, 0.4) is 0 Å². The summed E-state index contributed by atoms with van der Waals surface area (Å²) in [6.45, 7) is 2.99. The molecule has 2 N–H and O–H groups in total. The first kappa shape index (κ1) is 23.0. The van der Waals surface area contributed by atoms with Gasteiger partial charge in [0.25, 0.3) is 0 Å². The maximum atomic E-state index is 13.6. The third-order valence-corrected chi connectivity index (χ3v) is 6.76. The van der Waals surface area contributed by atoms with E-state index in [1.54, 1.807) is 6.20 Å². The van der Waals surface area contributed by atoms with Crippen LogP contribution >= 0.6 is 23.2 Å². The lowest BCUT2D eigenvalue weighted by Gasteiger charge is -2.24. The molecule has 0 saturated carbocycles. The first-order valence-corrected chi connectivity index (χ1v) is 11.9. The van der Waals surface area contributed by atoms with Crippen LogP contribution in [0.2, 0.25) is 10.0 Å². The van der Waals surface area contributed by atoms with E-state index in [0.717, 1.165) is 66.9 Å². The molecular formula is C25H23Cl2F2N5. The van der Waals surface area contributed by atoms with Crippen LogP contribution in [-0.2, 0) is 13.1 Å². The monoisotopic (exact) mass is 501 g/mol. The van der Waals surface area contributed by atoms with Crippen LogP contribution in [0.5, 0.6) is 0 Å². The molecule has 3 heterocycles. The fourth-order valence-corrected chi connectivity index (χ4v) is 5.02. The van der Waals surface area contributed by atoms with Crippen molar-refractivity contribution in [3.8, 4) is 11.3 Å². The minimum absolute atomic E-state index is 0.263. The van der Waals surface area contributed by atoms with E-state index >= 15 is 0 Å². The smallest absolute Gasteiger partial charge is 0.224 e. The second kappa shape index (κ2) is 9.86. The Morgan fingerprint density at radius 1 is 1.09 bits per heavy atom. The number of nitrogens with one attached hydrogen (secondary N) is 2. The van der Waals surface area contributed by atoms with Crippen LogP contribution < -0.4 is 10.6 Å². The molecule has 1 fully saturated rings. The van der Waals surface area contributed by atoms with E-state index in [4.69, 9.17) is 28.2 Å². The number of rotatable bonds is 6. The van der Waals surface area contributed by atoms with Crippen LogP contribution in [-0.4, -0.2) is 27.6 Å². The molecule has 9 heteroatoms. The highest BCUT2D eigenvalue weighted by atomic mass is 35.5. The van der Waals surface area contributed by atoms with Gasteiger partial charge in [-0.25, -0.2) is 13.8 Å². The molecule has 0 amide bonds. The lowest BCUT2D eigenvalue weighted by atomic mass is 9.99. The zero-order valence-electron chi connectivity index (χ0n) is 18.3. The second-order valence-corrected chi connectivity index (χ2v) is 9.34. The number of hydrogen-bond donors (Lipinski definition) is 2. The predicted molar refractivity (Wildman–Crippen MR) is 132 cm³/mol. The largest absolute Gasteiger partial charge is 0.350 e. The topological polar surface area (TPSA) is 54.8 Å². The second-order valence-electron chi connectivity index (χ2n) is 8.52. The molecule has 34 heavy (non-hydrogen) atoms. The molecule has 1 atom stereocenters. The Hall–Kier alpha value is -2.74. The highest BCUT2D eigenvalue weighted by Crippen LogP contribution is 2.38. The van der Waals surface area contributed by atoms with E-state index < -0.39 is 11.6 Å². The Balaban J connectivity index is 1.52. The van der Waals surface area contributed by atoms with E-state index in [-0.39, 0.29) is 6.54 Å². The summed E-state index contributed by atoms with van der Waals surface area (Å²) < 4.78 is 28.9. The Kier molecular flexibility index (Phi) is 6.68. The molecular weight excluding hydrogens is 479 g/mol. The summed E-state index contributed by atoms with van der Waals surface area (Å²) in [5, 5.41) is 8.59. The van der Waals surface area contributed by atoms with Crippen LogP contribution in [0.15, 0.2) is 48.7 Å². The lowest BCUT2D eigenvalue weighted by molar-refractivity contribution is 0.341. The summed E-state index contributed by atoms with van der Waals surface area (Å²) in [6, 6.07) is 11.3. The van der Waals surface area contributed by atoms with Gasteiger partial charge in [-0.3, -0.25) is 0 Å². The fourth-order valence-electron chi connectivity index (χ4n) is 4.43. The summed E-state index contributed by atoms with van der Waals surface area (Å²) in [5.41, 5.74) is 3.02. The number of halogens is 4. The van der Waals surface area contributed by atoms with Gasteiger partial charge in [-0.1, -0.05) is 35.3 Å². The molecule has 0 aliphatic carbocycles. The van der Waals surface area contributed by atoms with Crippen LogP contribution in [0, 0.1) is 17.6 Å². The fraction of sp³-hybridized carbons (Fsp3) is 0.280. The van der Waals surface area contributed by atoms with Gasteiger partial charge in [0.05, 0.1) is 15.7 Å². The number of fused-ring (bicyclic) bond motifs is 1. The molecule has 1 unspecified atom stereocenters. The average Bonchev–Trinajstić information content (AvgIpc) is 3.17. The quantitative estimate of drug-likeness (QED) is 0.325. The van der Waals surface area contributed by atoms with E-state index in [1.807, 2.05) is 24.3 Å². The molecule has 0 spiro atoms. The summed E-state index contributed by atoms with van der Waals surface area (Å²) >= 11 is 13.1. The van der Waals surface area contributed by atoms with Crippen molar-refractivity contribution < 1.29 is 8.78 Å². The molecule has 0 radical (unpaired) electrons. The lowest BCUT2D eigenvalue weighted by Crippen LogP contribution is -2.32. The molecule has 1 aliphatic rings. The number of nitrogens with zero attached hydrogens (tertiary/aromatic N) is 3. The average molecular weight is 502 g/mol. The molecule has 5 rings (SSSR count). The van der Waals surface area contributed by atoms with E-state index in [2.05, 4.69) is 20.2 Å². The van der Waals surface area contributed by atoms with Gasteiger partial charge in [-0.15, -0.1) is 0 Å². The number of benzene rings is 2. The van der Waals surface area contributed by atoms with Crippen molar-refractivity contribution in [3.63, 3.8) is 0 Å². The molecule has 4 aromatic rings. The van der Waals surface area contributed by atoms with Crippen molar-refractivity contribution in [1.82, 2.24) is 19.9 Å². The zero-order valence-corrected chi connectivity index (χ0v) is 19.8. The van der Waals surface area contributed by atoms with Gasteiger partial charge in [0.2, 0.25) is 5.95 Å². The third kappa shape index (κ3) is 4.73. The minimum atomic E-state index is -0.883. The number of hydrogen-bond acceptors (Lipinski definition) is 4. The van der Waals surface area contributed by atoms with E-state index in [1.165, 1.54) is 6.07 Å². The van der Waals surface area contributed by atoms with Gasteiger partial charge < -0.3 is 15.2 Å². The SMILES string of the molecule is Fc1ccc(CNc2ncc3cc(-c4c(Cl)cccc4Cl)n(CC4CCCNC4)c3n2)cc1F. The highest BCUT2D eigenvalue weighted by molar-refractivity contribution is 6.39. The first-order valence-electron chi connectivity index (χ1n) is 11.2. The van der Waals surface area contributed by atoms with Gasteiger partial charge in [0, 0.05) is 30.2 Å². The standard InChI is InChI=1S/C25H23Cl2F2N5/c26-18-4-1-5-19(27)23(18)22-10-17-13-32-25(31-12-15-6-7-20(28)21(29)9-15)33-24(17)34(22)14-16-3-2-8-30-11-16/h1,4-7,9-10,13,16,30H,2-3,8,11-12,14H2,(H,31,32,33). The summed E-state index contributed by atoms with van der Waals surface area (Å²) in [6.07, 6.45) is 4.00. The Morgan fingerprint density at radius 2 is 1.91 bits per heavy atom. The summed E-state index contributed by atoms with van der Waals surface area (Å²) in [7, 11) is 0. The summed E-state index contributed by atoms with van der Waals surface area (Å²) in [5.74, 6) is -0.915. The van der Waals surface area contributed by atoms with Crippen molar-refractivity contribution in [2.45, 2.75) is 25.9 Å². The van der Waals surface area contributed by atoms with Crippen LogP contribution in [0.25, 0.3) is 22.3 Å². The molecule has 2 aromatic carbocycles. The number of aromatic nitrogens is 3. The Morgan fingerprint density at radius 3 is 2.65 bits per heavy atom.